The first kappa shape index (κ1) is 20.1. The highest BCUT2D eigenvalue weighted by Gasteiger charge is 2.29. The summed E-state index contributed by atoms with van der Waals surface area (Å²) < 4.78 is 13.1. The van der Waals surface area contributed by atoms with Crippen molar-refractivity contribution in [1.82, 2.24) is 4.90 Å². The smallest absolute Gasteiger partial charge is 0.253 e. The monoisotopic (exact) mass is 382 g/mol. The summed E-state index contributed by atoms with van der Waals surface area (Å²) in [6, 6.07) is 13.4. The minimum Gasteiger partial charge on any atom is -0.338 e. The molecule has 2 atom stereocenters. The lowest BCUT2D eigenvalue weighted by molar-refractivity contribution is -0.121. The fraction of sp³-hybridized carbons (Fsp3) is 0.391. The minimum absolute atomic E-state index is 0.0487. The number of amides is 2. The van der Waals surface area contributed by atoms with Gasteiger partial charge in [0.15, 0.2) is 0 Å². The van der Waals surface area contributed by atoms with Crippen LogP contribution in [0.2, 0.25) is 0 Å². The molecule has 2 aromatic carbocycles. The van der Waals surface area contributed by atoms with Crippen molar-refractivity contribution in [2.24, 2.45) is 5.92 Å². The molecule has 3 rings (SSSR count). The summed E-state index contributed by atoms with van der Waals surface area (Å²) in [5.74, 6) is -0.458. The van der Waals surface area contributed by atoms with Crippen molar-refractivity contribution < 1.29 is 14.0 Å². The van der Waals surface area contributed by atoms with Gasteiger partial charge in [-0.3, -0.25) is 9.59 Å². The third-order valence-electron chi connectivity index (χ3n) is 5.53. The number of carbonyl (C=O) groups excluding carboxylic acids is 2. The molecule has 0 spiro atoms. The normalized spacial score (nSPS) is 17.8. The maximum Gasteiger partial charge on any atom is 0.253 e. The number of rotatable bonds is 5. The first-order valence-corrected chi connectivity index (χ1v) is 9.94. The van der Waals surface area contributed by atoms with Crippen molar-refractivity contribution in [2.75, 3.05) is 18.4 Å². The number of hydrogen-bond acceptors (Lipinski definition) is 2. The van der Waals surface area contributed by atoms with Gasteiger partial charge >= 0.3 is 0 Å². The molecule has 1 aliphatic heterocycles. The molecule has 0 aliphatic carbocycles. The third kappa shape index (κ3) is 4.58. The van der Waals surface area contributed by atoms with Crippen molar-refractivity contribution in [1.29, 1.82) is 0 Å². The first-order valence-electron chi connectivity index (χ1n) is 9.94. The van der Waals surface area contributed by atoms with Crippen LogP contribution < -0.4 is 5.32 Å². The van der Waals surface area contributed by atoms with Crippen molar-refractivity contribution in [3.05, 3.63) is 65.5 Å². The van der Waals surface area contributed by atoms with Crippen molar-refractivity contribution in [2.45, 2.75) is 39.0 Å². The van der Waals surface area contributed by atoms with Gasteiger partial charge in [-0.2, -0.15) is 0 Å². The summed E-state index contributed by atoms with van der Waals surface area (Å²) in [5, 5.41) is 3.08. The van der Waals surface area contributed by atoms with Gasteiger partial charge in [0.25, 0.3) is 5.91 Å². The van der Waals surface area contributed by atoms with E-state index in [1.165, 1.54) is 24.3 Å². The fourth-order valence-corrected chi connectivity index (χ4v) is 3.65. The second-order valence-corrected chi connectivity index (χ2v) is 7.48. The lowest BCUT2D eigenvalue weighted by atomic mass is 9.94. The Hall–Kier alpha value is -2.69. The Bertz CT molecular complexity index is 835. The molecule has 0 bridgehead atoms. The van der Waals surface area contributed by atoms with Gasteiger partial charge < -0.3 is 10.2 Å². The third-order valence-corrected chi connectivity index (χ3v) is 5.53. The summed E-state index contributed by atoms with van der Waals surface area (Å²) in [6.07, 6.45) is 2.53. The topological polar surface area (TPSA) is 49.4 Å². The van der Waals surface area contributed by atoms with Gasteiger partial charge in [-0.25, -0.2) is 4.39 Å². The molecule has 0 radical (unpaired) electrons. The highest BCUT2D eigenvalue weighted by atomic mass is 19.1. The highest BCUT2D eigenvalue weighted by molar-refractivity contribution is 5.96. The Labute approximate surface area is 165 Å². The Kier molecular flexibility index (Phi) is 6.45. The lowest BCUT2D eigenvalue weighted by Gasteiger charge is -2.32. The van der Waals surface area contributed by atoms with E-state index in [-0.39, 0.29) is 23.5 Å². The van der Waals surface area contributed by atoms with Gasteiger partial charge in [0, 0.05) is 24.3 Å². The lowest BCUT2D eigenvalue weighted by Crippen LogP contribution is -2.43. The zero-order chi connectivity index (χ0) is 20.1. The summed E-state index contributed by atoms with van der Waals surface area (Å²) in [6.45, 7) is 5.27. The van der Waals surface area contributed by atoms with E-state index in [0.29, 0.717) is 24.6 Å². The van der Waals surface area contributed by atoms with Crippen LogP contribution in [0.4, 0.5) is 10.1 Å². The van der Waals surface area contributed by atoms with Gasteiger partial charge in [0.2, 0.25) is 5.91 Å². The highest BCUT2D eigenvalue weighted by Crippen LogP contribution is 2.28. The van der Waals surface area contributed by atoms with Crippen LogP contribution in [0.25, 0.3) is 0 Å². The molecule has 0 aromatic heterocycles. The Morgan fingerprint density at radius 2 is 1.89 bits per heavy atom. The Morgan fingerprint density at radius 1 is 1.18 bits per heavy atom. The molecule has 2 amide bonds. The quantitative estimate of drug-likeness (QED) is 0.805. The maximum atomic E-state index is 13.1. The molecular weight excluding hydrogens is 355 g/mol. The van der Waals surface area contributed by atoms with Gasteiger partial charge in [0.1, 0.15) is 5.82 Å². The van der Waals surface area contributed by atoms with E-state index < -0.39 is 0 Å². The molecular formula is C23H27FN2O2. The van der Waals surface area contributed by atoms with Crippen LogP contribution in [-0.4, -0.2) is 29.8 Å². The van der Waals surface area contributed by atoms with Crippen molar-refractivity contribution >= 4 is 17.5 Å². The SMILES string of the molecule is CC[C@H](C)c1ccccc1NC(=O)[C@H]1CCCN(C(=O)c2ccc(F)cc2)C1. The van der Waals surface area contributed by atoms with E-state index in [2.05, 4.69) is 25.2 Å². The summed E-state index contributed by atoms with van der Waals surface area (Å²) in [5.41, 5.74) is 2.43. The van der Waals surface area contributed by atoms with E-state index >= 15 is 0 Å². The Balaban J connectivity index is 1.68. The first-order chi connectivity index (χ1) is 13.5. The van der Waals surface area contributed by atoms with Crippen LogP contribution in [0.3, 0.4) is 0 Å². The van der Waals surface area contributed by atoms with Crippen LogP contribution in [0.1, 0.15) is 54.9 Å². The zero-order valence-electron chi connectivity index (χ0n) is 16.5. The van der Waals surface area contributed by atoms with Crippen LogP contribution in [0.5, 0.6) is 0 Å². The average Bonchev–Trinajstić information content (AvgIpc) is 2.73. The number of likely N-dealkylation sites (tertiary alicyclic amines) is 1. The predicted molar refractivity (Wildman–Crippen MR) is 109 cm³/mol. The number of anilines is 1. The molecule has 1 fully saturated rings. The Morgan fingerprint density at radius 3 is 2.61 bits per heavy atom. The van der Waals surface area contributed by atoms with E-state index in [4.69, 9.17) is 0 Å². The maximum absolute atomic E-state index is 13.1. The molecule has 2 aromatic rings. The molecule has 0 saturated carbocycles. The summed E-state index contributed by atoms with van der Waals surface area (Å²) in [4.78, 5) is 27.3. The second-order valence-electron chi connectivity index (χ2n) is 7.48. The number of carbonyl (C=O) groups is 2. The molecule has 1 saturated heterocycles. The van der Waals surface area contributed by atoms with Crippen LogP contribution in [0.15, 0.2) is 48.5 Å². The van der Waals surface area contributed by atoms with Crippen LogP contribution >= 0.6 is 0 Å². The minimum atomic E-state index is -0.368. The molecule has 0 unspecified atom stereocenters. The van der Waals surface area contributed by atoms with E-state index in [1.807, 2.05) is 18.2 Å². The number of para-hydroxylation sites is 1. The van der Waals surface area contributed by atoms with E-state index in [1.54, 1.807) is 4.90 Å². The number of nitrogens with one attached hydrogen (secondary N) is 1. The molecule has 4 nitrogen and oxygen atoms in total. The molecule has 28 heavy (non-hydrogen) atoms. The average molecular weight is 382 g/mol. The van der Waals surface area contributed by atoms with Gasteiger partial charge in [-0.05, 0) is 61.1 Å². The molecule has 148 valence electrons. The zero-order valence-corrected chi connectivity index (χ0v) is 16.5. The molecule has 1 heterocycles. The summed E-state index contributed by atoms with van der Waals surface area (Å²) >= 11 is 0. The summed E-state index contributed by atoms with van der Waals surface area (Å²) in [7, 11) is 0. The largest absolute Gasteiger partial charge is 0.338 e. The standard InChI is InChI=1S/C23H27FN2O2/c1-3-16(2)20-8-4-5-9-21(20)25-22(27)18-7-6-14-26(15-18)23(28)17-10-12-19(24)13-11-17/h4-5,8-13,16,18H,3,6-7,14-15H2,1-2H3,(H,25,27)/t16-,18-/m0/s1. The van der Waals surface area contributed by atoms with Gasteiger partial charge in [0.05, 0.1) is 5.92 Å². The molecule has 1 N–H and O–H groups in total. The predicted octanol–water partition coefficient (Wildman–Crippen LogP) is 4.83. The van der Waals surface area contributed by atoms with Gasteiger partial charge in [-0.1, -0.05) is 32.0 Å². The molecule has 1 aliphatic rings. The number of nitrogens with zero attached hydrogens (tertiary/aromatic N) is 1. The number of hydrogen-bond donors (Lipinski definition) is 1. The number of halogens is 1. The van der Waals surface area contributed by atoms with Crippen LogP contribution in [0, 0.1) is 11.7 Å². The van der Waals surface area contributed by atoms with Crippen LogP contribution in [-0.2, 0) is 4.79 Å². The second kappa shape index (κ2) is 9.00. The van der Waals surface area contributed by atoms with Crippen molar-refractivity contribution in [3.8, 4) is 0 Å². The fourth-order valence-electron chi connectivity index (χ4n) is 3.65. The van der Waals surface area contributed by atoms with Crippen molar-refractivity contribution in [3.63, 3.8) is 0 Å². The number of benzene rings is 2. The number of piperidine rings is 1. The van der Waals surface area contributed by atoms with E-state index in [0.717, 1.165) is 30.5 Å². The molecule has 5 heteroatoms. The van der Waals surface area contributed by atoms with Gasteiger partial charge in [-0.15, -0.1) is 0 Å². The van der Waals surface area contributed by atoms with E-state index in [9.17, 15) is 14.0 Å².